The Balaban J connectivity index is 1.68. The normalized spacial score (nSPS) is 35.3. The summed E-state index contributed by atoms with van der Waals surface area (Å²) in [6, 6.07) is 0. The van der Waals surface area contributed by atoms with Gasteiger partial charge in [-0.3, -0.25) is 0 Å². The lowest BCUT2D eigenvalue weighted by molar-refractivity contribution is 0.295. The highest BCUT2D eigenvalue weighted by Crippen LogP contribution is 2.48. The van der Waals surface area contributed by atoms with E-state index >= 15 is 0 Å². The van der Waals surface area contributed by atoms with Gasteiger partial charge in [-0.1, -0.05) is 6.42 Å². The monoisotopic (exact) mass is 191 g/mol. The van der Waals surface area contributed by atoms with Crippen LogP contribution in [0.15, 0.2) is 12.5 Å². The topological polar surface area (TPSA) is 43.8 Å². The highest BCUT2D eigenvalue weighted by molar-refractivity contribution is 5.22. The quantitative estimate of drug-likeness (QED) is 0.776. The van der Waals surface area contributed by atoms with Crippen molar-refractivity contribution in [3.05, 3.63) is 12.5 Å². The highest BCUT2D eigenvalue weighted by Gasteiger charge is 2.39. The number of nitrogens with two attached hydrogens (primary N) is 1. The number of nitrogens with zero attached hydrogens (tertiary/aromatic N) is 2. The van der Waals surface area contributed by atoms with Crippen molar-refractivity contribution in [2.24, 2.45) is 17.8 Å². The lowest BCUT2D eigenvalue weighted by atomic mass is 9.89. The minimum absolute atomic E-state index is 0.646. The summed E-state index contributed by atoms with van der Waals surface area (Å²) in [5.41, 5.74) is 5.60. The molecule has 2 aliphatic rings. The Morgan fingerprint density at radius 2 is 2.36 bits per heavy atom. The van der Waals surface area contributed by atoms with Gasteiger partial charge in [0.05, 0.1) is 6.33 Å². The minimum atomic E-state index is 0.646. The second-order valence-corrected chi connectivity index (χ2v) is 4.93. The number of rotatable bonds is 2. The summed E-state index contributed by atoms with van der Waals surface area (Å²) in [7, 11) is 0. The molecule has 1 heterocycles. The predicted octanol–water partition coefficient (Wildman–Crippen LogP) is 1.90. The fourth-order valence-electron chi connectivity index (χ4n) is 3.35. The van der Waals surface area contributed by atoms with Crippen molar-refractivity contribution < 1.29 is 0 Å². The Kier molecular flexibility index (Phi) is 1.79. The summed E-state index contributed by atoms with van der Waals surface area (Å²) in [5.74, 6) is 3.56. The summed E-state index contributed by atoms with van der Waals surface area (Å²) >= 11 is 0. The number of nitrogen functional groups attached to an aromatic ring is 1. The molecule has 3 unspecified atom stereocenters. The van der Waals surface area contributed by atoms with Crippen molar-refractivity contribution in [1.82, 2.24) is 9.55 Å². The molecule has 3 nitrogen and oxygen atoms in total. The molecule has 0 spiro atoms. The molecule has 1 aromatic heterocycles. The number of fused-ring (bicyclic) bond motifs is 2. The average Bonchev–Trinajstić information content (AvgIpc) is 2.82. The molecule has 3 heteroatoms. The van der Waals surface area contributed by atoms with Crippen LogP contribution in [0.5, 0.6) is 0 Å². The van der Waals surface area contributed by atoms with Gasteiger partial charge in [-0.05, 0) is 37.0 Å². The van der Waals surface area contributed by atoms with E-state index in [-0.39, 0.29) is 0 Å². The predicted molar refractivity (Wildman–Crippen MR) is 55.6 cm³/mol. The van der Waals surface area contributed by atoms with Crippen molar-refractivity contribution in [3.8, 4) is 0 Å². The minimum Gasteiger partial charge on any atom is -0.382 e. The Hall–Kier alpha value is -0.990. The molecule has 2 bridgehead atoms. The molecule has 2 aliphatic carbocycles. The fourth-order valence-corrected chi connectivity index (χ4v) is 3.35. The SMILES string of the molecule is Nc1cn(CC2CC3CCC2C3)cn1. The van der Waals surface area contributed by atoms with Gasteiger partial charge in [0.2, 0.25) is 0 Å². The van der Waals surface area contributed by atoms with Crippen LogP contribution in [0.1, 0.15) is 25.7 Å². The second-order valence-electron chi connectivity index (χ2n) is 4.93. The molecule has 0 aromatic carbocycles. The van der Waals surface area contributed by atoms with E-state index in [9.17, 15) is 0 Å². The van der Waals surface area contributed by atoms with Crippen molar-refractivity contribution in [3.63, 3.8) is 0 Å². The van der Waals surface area contributed by atoms with Crippen LogP contribution >= 0.6 is 0 Å². The van der Waals surface area contributed by atoms with Gasteiger partial charge in [0.15, 0.2) is 0 Å². The molecule has 76 valence electrons. The molecule has 2 N–H and O–H groups in total. The van der Waals surface area contributed by atoms with Crippen LogP contribution in [0.25, 0.3) is 0 Å². The first-order valence-corrected chi connectivity index (χ1v) is 5.58. The van der Waals surface area contributed by atoms with E-state index in [1.54, 1.807) is 0 Å². The van der Waals surface area contributed by atoms with Crippen LogP contribution in [0.4, 0.5) is 5.82 Å². The first kappa shape index (κ1) is 8.33. The third-order valence-electron chi connectivity index (χ3n) is 3.98. The van der Waals surface area contributed by atoms with Crippen molar-refractivity contribution in [1.29, 1.82) is 0 Å². The van der Waals surface area contributed by atoms with Gasteiger partial charge in [-0.2, -0.15) is 0 Å². The zero-order valence-corrected chi connectivity index (χ0v) is 8.39. The van der Waals surface area contributed by atoms with Crippen LogP contribution in [-0.4, -0.2) is 9.55 Å². The molecule has 0 saturated heterocycles. The summed E-state index contributed by atoms with van der Waals surface area (Å²) in [5, 5.41) is 0. The third-order valence-corrected chi connectivity index (χ3v) is 3.98. The van der Waals surface area contributed by atoms with E-state index in [0.29, 0.717) is 5.82 Å². The third kappa shape index (κ3) is 1.31. The Morgan fingerprint density at radius 1 is 1.43 bits per heavy atom. The molecule has 2 saturated carbocycles. The van der Waals surface area contributed by atoms with Crippen LogP contribution in [-0.2, 0) is 6.54 Å². The second kappa shape index (κ2) is 3.01. The summed E-state index contributed by atoms with van der Waals surface area (Å²) in [6.45, 7) is 1.13. The smallest absolute Gasteiger partial charge is 0.141 e. The molecule has 3 atom stereocenters. The number of aromatic nitrogens is 2. The van der Waals surface area contributed by atoms with E-state index in [0.717, 1.165) is 24.3 Å². The van der Waals surface area contributed by atoms with Gasteiger partial charge < -0.3 is 10.3 Å². The van der Waals surface area contributed by atoms with Crippen LogP contribution < -0.4 is 5.73 Å². The fraction of sp³-hybridized carbons (Fsp3) is 0.727. The van der Waals surface area contributed by atoms with Gasteiger partial charge in [0.1, 0.15) is 5.82 Å². The van der Waals surface area contributed by atoms with Gasteiger partial charge in [0, 0.05) is 12.7 Å². The molecule has 0 radical (unpaired) electrons. The lowest BCUT2D eigenvalue weighted by Crippen LogP contribution is -2.16. The lowest BCUT2D eigenvalue weighted by Gasteiger charge is -2.21. The van der Waals surface area contributed by atoms with Gasteiger partial charge in [0.25, 0.3) is 0 Å². The maximum absolute atomic E-state index is 5.60. The van der Waals surface area contributed by atoms with Crippen molar-refractivity contribution >= 4 is 5.82 Å². The van der Waals surface area contributed by atoms with E-state index in [2.05, 4.69) is 9.55 Å². The zero-order valence-electron chi connectivity index (χ0n) is 8.39. The Morgan fingerprint density at radius 3 is 2.93 bits per heavy atom. The van der Waals surface area contributed by atoms with E-state index in [1.807, 2.05) is 12.5 Å². The Bertz CT molecular complexity index is 331. The summed E-state index contributed by atoms with van der Waals surface area (Å²) < 4.78 is 2.15. The average molecular weight is 191 g/mol. The van der Waals surface area contributed by atoms with Crippen LogP contribution in [0.3, 0.4) is 0 Å². The highest BCUT2D eigenvalue weighted by atomic mass is 15.1. The number of hydrogen-bond donors (Lipinski definition) is 1. The molecule has 0 amide bonds. The van der Waals surface area contributed by atoms with Gasteiger partial charge in [-0.15, -0.1) is 0 Å². The van der Waals surface area contributed by atoms with Crippen LogP contribution in [0.2, 0.25) is 0 Å². The molecule has 0 aliphatic heterocycles. The number of imidazole rings is 1. The largest absolute Gasteiger partial charge is 0.382 e. The first-order chi connectivity index (χ1) is 6.81. The van der Waals surface area contributed by atoms with E-state index in [1.165, 1.54) is 25.7 Å². The first-order valence-electron chi connectivity index (χ1n) is 5.58. The summed E-state index contributed by atoms with van der Waals surface area (Å²) in [6.07, 6.45) is 9.66. The zero-order chi connectivity index (χ0) is 9.54. The van der Waals surface area contributed by atoms with Gasteiger partial charge >= 0.3 is 0 Å². The molecule has 14 heavy (non-hydrogen) atoms. The number of hydrogen-bond acceptors (Lipinski definition) is 2. The number of anilines is 1. The summed E-state index contributed by atoms with van der Waals surface area (Å²) in [4.78, 5) is 4.06. The van der Waals surface area contributed by atoms with Gasteiger partial charge in [-0.25, -0.2) is 4.98 Å². The molecular weight excluding hydrogens is 174 g/mol. The maximum atomic E-state index is 5.60. The maximum Gasteiger partial charge on any atom is 0.141 e. The van der Waals surface area contributed by atoms with E-state index < -0.39 is 0 Å². The Labute approximate surface area is 84.3 Å². The van der Waals surface area contributed by atoms with E-state index in [4.69, 9.17) is 5.73 Å². The molecule has 1 aromatic rings. The standard InChI is InChI=1S/C11H17N3/c12-11-6-14(7-13-11)5-10-4-8-1-2-9(10)3-8/h6-10H,1-5,12H2. The van der Waals surface area contributed by atoms with Crippen LogP contribution in [0, 0.1) is 17.8 Å². The molecule has 2 fully saturated rings. The van der Waals surface area contributed by atoms with Crippen molar-refractivity contribution in [2.45, 2.75) is 32.2 Å². The molecular formula is C11H17N3. The molecule has 3 rings (SSSR count). The van der Waals surface area contributed by atoms with Crippen molar-refractivity contribution in [2.75, 3.05) is 5.73 Å².